The molecule has 0 spiro atoms. The molecule has 0 radical (unpaired) electrons. The first-order valence-electron chi connectivity index (χ1n) is 5.30. The van der Waals surface area contributed by atoms with Gasteiger partial charge in [0.2, 0.25) is 0 Å². The zero-order valence-electron chi connectivity index (χ0n) is 10.1. The summed E-state index contributed by atoms with van der Waals surface area (Å²) in [7, 11) is 0. The van der Waals surface area contributed by atoms with Gasteiger partial charge < -0.3 is 15.1 Å². The van der Waals surface area contributed by atoms with Crippen LogP contribution in [-0.2, 0) is 9.59 Å². The van der Waals surface area contributed by atoms with E-state index in [4.69, 9.17) is 10.2 Å². The third-order valence-electron chi connectivity index (χ3n) is 2.37. The zero-order chi connectivity index (χ0) is 14.6. The number of aryl methyl sites for hydroxylation is 1. The SMILES string of the molecule is Cc1ccc(Br)cc1C(=O)N(CC(=O)O)CC(=O)O. The quantitative estimate of drug-likeness (QED) is 0.850. The van der Waals surface area contributed by atoms with Gasteiger partial charge in [-0.2, -0.15) is 0 Å². The van der Waals surface area contributed by atoms with Crippen molar-refractivity contribution in [1.82, 2.24) is 4.90 Å². The van der Waals surface area contributed by atoms with Gasteiger partial charge >= 0.3 is 11.9 Å². The lowest BCUT2D eigenvalue weighted by atomic mass is 10.1. The highest BCUT2D eigenvalue weighted by molar-refractivity contribution is 9.10. The lowest BCUT2D eigenvalue weighted by molar-refractivity contribution is -0.140. The first kappa shape index (κ1) is 15.2. The van der Waals surface area contributed by atoms with E-state index in [0.717, 1.165) is 4.90 Å². The molecule has 0 saturated carbocycles. The molecule has 0 fully saturated rings. The number of amides is 1. The van der Waals surface area contributed by atoms with E-state index < -0.39 is 30.9 Å². The van der Waals surface area contributed by atoms with E-state index >= 15 is 0 Å². The fourth-order valence-corrected chi connectivity index (χ4v) is 1.88. The maximum Gasteiger partial charge on any atom is 0.323 e. The van der Waals surface area contributed by atoms with Gasteiger partial charge in [0.05, 0.1) is 0 Å². The summed E-state index contributed by atoms with van der Waals surface area (Å²) in [6, 6.07) is 4.97. The number of halogens is 1. The Morgan fingerprint density at radius 3 is 2.16 bits per heavy atom. The van der Waals surface area contributed by atoms with E-state index in [9.17, 15) is 14.4 Å². The Balaban J connectivity index is 3.07. The average Bonchev–Trinajstić information content (AvgIpc) is 2.29. The van der Waals surface area contributed by atoms with Crippen LogP contribution in [0.15, 0.2) is 22.7 Å². The molecule has 6 nitrogen and oxygen atoms in total. The van der Waals surface area contributed by atoms with E-state index in [0.29, 0.717) is 10.0 Å². The van der Waals surface area contributed by atoms with Crippen molar-refractivity contribution in [2.45, 2.75) is 6.92 Å². The van der Waals surface area contributed by atoms with E-state index in [1.165, 1.54) is 6.07 Å². The third kappa shape index (κ3) is 4.36. The number of benzene rings is 1. The number of carboxylic acid groups (broad SMARTS) is 2. The van der Waals surface area contributed by atoms with E-state index in [2.05, 4.69) is 15.9 Å². The molecule has 0 aliphatic carbocycles. The highest BCUT2D eigenvalue weighted by Gasteiger charge is 2.22. The van der Waals surface area contributed by atoms with Crippen molar-refractivity contribution in [3.05, 3.63) is 33.8 Å². The molecule has 0 aliphatic rings. The van der Waals surface area contributed by atoms with Gasteiger partial charge in [-0.15, -0.1) is 0 Å². The van der Waals surface area contributed by atoms with Gasteiger partial charge in [-0.1, -0.05) is 22.0 Å². The second-order valence-corrected chi connectivity index (χ2v) is 4.82. The predicted octanol–water partition coefficient (Wildman–Crippen LogP) is 1.37. The molecule has 1 aromatic carbocycles. The van der Waals surface area contributed by atoms with E-state index in [1.54, 1.807) is 19.1 Å². The third-order valence-corrected chi connectivity index (χ3v) is 2.86. The summed E-state index contributed by atoms with van der Waals surface area (Å²) in [5.74, 6) is -3.15. The van der Waals surface area contributed by atoms with Crippen molar-refractivity contribution in [3.8, 4) is 0 Å². The number of carbonyl (C=O) groups excluding carboxylic acids is 1. The molecule has 19 heavy (non-hydrogen) atoms. The number of carboxylic acids is 2. The smallest absolute Gasteiger partial charge is 0.323 e. The highest BCUT2D eigenvalue weighted by Crippen LogP contribution is 2.17. The lowest BCUT2D eigenvalue weighted by Gasteiger charge is -2.19. The Kier molecular flexibility index (Phi) is 5.05. The van der Waals surface area contributed by atoms with Crippen LogP contribution in [0, 0.1) is 6.92 Å². The van der Waals surface area contributed by atoms with Crippen molar-refractivity contribution in [1.29, 1.82) is 0 Å². The van der Waals surface area contributed by atoms with Gasteiger partial charge in [-0.05, 0) is 24.6 Å². The Bertz CT molecular complexity index is 513. The topological polar surface area (TPSA) is 94.9 Å². The lowest BCUT2D eigenvalue weighted by Crippen LogP contribution is -2.39. The van der Waals surface area contributed by atoms with Crippen molar-refractivity contribution < 1.29 is 24.6 Å². The molecule has 1 amide bonds. The summed E-state index contributed by atoms with van der Waals surface area (Å²) in [5.41, 5.74) is 0.922. The monoisotopic (exact) mass is 329 g/mol. The summed E-state index contributed by atoms with van der Waals surface area (Å²) in [5, 5.41) is 17.4. The van der Waals surface area contributed by atoms with Crippen LogP contribution in [0.1, 0.15) is 15.9 Å². The van der Waals surface area contributed by atoms with Crippen LogP contribution in [0.3, 0.4) is 0 Å². The fourth-order valence-electron chi connectivity index (χ4n) is 1.52. The van der Waals surface area contributed by atoms with Crippen LogP contribution in [-0.4, -0.2) is 46.0 Å². The van der Waals surface area contributed by atoms with Gasteiger partial charge in [-0.3, -0.25) is 14.4 Å². The molecule has 0 unspecified atom stereocenters. The molecule has 7 heteroatoms. The predicted molar refractivity (Wildman–Crippen MR) is 70.1 cm³/mol. The molecule has 2 N–H and O–H groups in total. The minimum absolute atomic E-state index is 0.275. The first-order chi connectivity index (χ1) is 8.81. The molecule has 0 saturated heterocycles. The van der Waals surface area contributed by atoms with E-state index in [1.807, 2.05) is 0 Å². The Morgan fingerprint density at radius 2 is 1.68 bits per heavy atom. The molecular weight excluding hydrogens is 318 g/mol. The fraction of sp³-hybridized carbons (Fsp3) is 0.250. The Labute approximate surface area is 117 Å². The molecule has 102 valence electrons. The standard InChI is InChI=1S/C12H12BrNO5/c1-7-2-3-8(13)4-9(7)12(19)14(5-10(15)16)6-11(17)18/h2-4H,5-6H2,1H3,(H,15,16)(H,17,18). The minimum atomic E-state index is -1.26. The molecule has 1 rings (SSSR count). The van der Waals surface area contributed by atoms with Crippen LogP contribution < -0.4 is 0 Å². The van der Waals surface area contributed by atoms with Crippen molar-refractivity contribution in [2.75, 3.05) is 13.1 Å². The molecule has 0 heterocycles. The zero-order valence-corrected chi connectivity index (χ0v) is 11.7. The second-order valence-electron chi connectivity index (χ2n) is 3.91. The Hall–Kier alpha value is -1.89. The summed E-state index contributed by atoms with van der Waals surface area (Å²) < 4.78 is 0.659. The summed E-state index contributed by atoms with van der Waals surface area (Å²) >= 11 is 3.21. The Morgan fingerprint density at radius 1 is 1.16 bits per heavy atom. The van der Waals surface area contributed by atoms with Crippen LogP contribution in [0.5, 0.6) is 0 Å². The van der Waals surface area contributed by atoms with Crippen LogP contribution in [0.25, 0.3) is 0 Å². The van der Waals surface area contributed by atoms with Crippen LogP contribution >= 0.6 is 15.9 Å². The molecule has 0 aromatic heterocycles. The average molecular weight is 330 g/mol. The van der Waals surface area contributed by atoms with Crippen molar-refractivity contribution in [2.24, 2.45) is 0 Å². The van der Waals surface area contributed by atoms with E-state index in [-0.39, 0.29) is 5.56 Å². The second kappa shape index (κ2) is 6.33. The molecular formula is C12H12BrNO5. The summed E-state index contributed by atoms with van der Waals surface area (Å²) in [6.07, 6.45) is 0. The molecule has 0 bridgehead atoms. The molecule has 0 aliphatic heterocycles. The van der Waals surface area contributed by atoms with Crippen LogP contribution in [0.4, 0.5) is 0 Å². The van der Waals surface area contributed by atoms with Gasteiger partial charge in [0.25, 0.3) is 5.91 Å². The number of aliphatic carboxylic acids is 2. The number of hydrogen-bond acceptors (Lipinski definition) is 3. The maximum absolute atomic E-state index is 12.2. The van der Waals surface area contributed by atoms with Gasteiger partial charge in [-0.25, -0.2) is 0 Å². The van der Waals surface area contributed by atoms with Crippen molar-refractivity contribution in [3.63, 3.8) is 0 Å². The van der Waals surface area contributed by atoms with Gasteiger partial charge in [0.1, 0.15) is 13.1 Å². The largest absolute Gasteiger partial charge is 0.480 e. The van der Waals surface area contributed by atoms with Crippen molar-refractivity contribution >= 4 is 33.8 Å². The summed E-state index contributed by atoms with van der Waals surface area (Å²) in [4.78, 5) is 34.3. The number of hydrogen-bond donors (Lipinski definition) is 2. The minimum Gasteiger partial charge on any atom is -0.480 e. The number of nitrogens with zero attached hydrogens (tertiary/aromatic N) is 1. The first-order valence-corrected chi connectivity index (χ1v) is 6.09. The molecule has 1 aromatic rings. The van der Waals surface area contributed by atoms with Gasteiger partial charge in [0.15, 0.2) is 0 Å². The maximum atomic E-state index is 12.2. The molecule has 0 atom stereocenters. The van der Waals surface area contributed by atoms with Crippen LogP contribution in [0.2, 0.25) is 0 Å². The number of rotatable bonds is 5. The highest BCUT2D eigenvalue weighted by atomic mass is 79.9. The number of carbonyl (C=O) groups is 3. The normalized spacial score (nSPS) is 10.0. The van der Waals surface area contributed by atoms with Gasteiger partial charge in [0, 0.05) is 10.0 Å². The summed E-state index contributed by atoms with van der Waals surface area (Å²) in [6.45, 7) is 0.383.